The van der Waals surface area contributed by atoms with E-state index in [0.29, 0.717) is 24.3 Å². The molecule has 0 saturated carbocycles. The zero-order chi connectivity index (χ0) is 22.5. The second-order valence-electron chi connectivity index (χ2n) is 7.77. The number of nitrogens with zero attached hydrogens (tertiary/aromatic N) is 2. The molecule has 0 spiro atoms. The number of nitrogens with one attached hydrogen (secondary N) is 2. The summed E-state index contributed by atoms with van der Waals surface area (Å²) in [5, 5.41) is 4.42. The predicted octanol–water partition coefficient (Wildman–Crippen LogP) is 4.65. The lowest BCUT2D eigenvalue weighted by Gasteiger charge is -2.25. The molecule has 7 nitrogen and oxygen atoms in total. The average molecular weight is 430 g/mol. The topological polar surface area (TPSA) is 90.7 Å². The van der Waals surface area contributed by atoms with E-state index in [-0.39, 0.29) is 11.9 Å². The Kier molecular flexibility index (Phi) is 6.37. The Balaban J connectivity index is 1.56. The number of hydrogen-bond acceptors (Lipinski definition) is 4. The molecule has 1 aliphatic heterocycles. The summed E-state index contributed by atoms with van der Waals surface area (Å²) >= 11 is 0. The molecule has 0 aliphatic carbocycles. The number of hydrazine groups is 1. The fraction of sp³-hybridized carbons (Fsp3) is 0.200. The zero-order valence-electron chi connectivity index (χ0n) is 18.0. The van der Waals surface area contributed by atoms with Crippen LogP contribution < -0.4 is 26.4 Å². The Hall–Kier alpha value is -3.84. The van der Waals surface area contributed by atoms with Crippen LogP contribution in [0.3, 0.4) is 0 Å². The summed E-state index contributed by atoms with van der Waals surface area (Å²) in [7, 11) is 0. The van der Waals surface area contributed by atoms with Crippen LogP contribution in [0.1, 0.15) is 24.0 Å². The average Bonchev–Trinajstić information content (AvgIpc) is 3.23. The molecule has 4 N–H and O–H groups in total. The van der Waals surface area contributed by atoms with Crippen molar-refractivity contribution in [2.24, 2.45) is 5.73 Å². The number of carbonyl (C=O) groups excluding carboxylic acids is 2. The second-order valence-corrected chi connectivity index (χ2v) is 7.77. The number of nitrogens with two attached hydrogens (primary N) is 1. The van der Waals surface area contributed by atoms with E-state index in [0.717, 1.165) is 35.5 Å². The van der Waals surface area contributed by atoms with Gasteiger partial charge in [0, 0.05) is 30.9 Å². The van der Waals surface area contributed by atoms with Gasteiger partial charge in [0.1, 0.15) is 0 Å². The Morgan fingerprint density at radius 2 is 1.84 bits per heavy atom. The number of amides is 3. The summed E-state index contributed by atoms with van der Waals surface area (Å²) in [5.74, 6) is 0.143. The van der Waals surface area contributed by atoms with Gasteiger partial charge in [-0.2, -0.15) is 0 Å². The van der Waals surface area contributed by atoms with Gasteiger partial charge in [-0.05, 0) is 66.9 Å². The van der Waals surface area contributed by atoms with Gasteiger partial charge in [-0.1, -0.05) is 30.3 Å². The second kappa shape index (κ2) is 9.53. The molecule has 164 valence electrons. The molecule has 0 aromatic heterocycles. The standard InChI is InChI=1S/C25H27N5O2/c1-18-15-20(12-13-23(18)29-14-6-11-24(29)31)27-25(32)30(22-9-3-2-4-10-22)28-21-8-5-7-19(16-21)17-26/h2-5,7-10,12-13,15-16,28H,6,11,14,17,26H2,1H3,(H,27,32). The molecule has 0 radical (unpaired) electrons. The largest absolute Gasteiger partial charge is 0.345 e. The lowest BCUT2D eigenvalue weighted by atomic mass is 10.1. The fourth-order valence-corrected chi connectivity index (χ4v) is 3.82. The van der Waals surface area contributed by atoms with E-state index in [1.165, 1.54) is 5.01 Å². The van der Waals surface area contributed by atoms with Crippen molar-refractivity contribution in [3.8, 4) is 0 Å². The SMILES string of the molecule is Cc1cc(NC(=O)N(Nc2cccc(CN)c2)c2ccccc2)ccc1N1CCCC1=O. The third-order valence-corrected chi connectivity index (χ3v) is 5.43. The summed E-state index contributed by atoms with van der Waals surface area (Å²) in [6, 6.07) is 22.2. The maximum atomic E-state index is 13.2. The molecule has 7 heteroatoms. The molecule has 32 heavy (non-hydrogen) atoms. The number of rotatable bonds is 6. The van der Waals surface area contributed by atoms with Crippen molar-refractivity contribution in [2.45, 2.75) is 26.3 Å². The molecule has 1 fully saturated rings. The summed E-state index contributed by atoms with van der Waals surface area (Å²) in [4.78, 5) is 27.1. The molecular formula is C25H27N5O2. The van der Waals surface area contributed by atoms with E-state index in [4.69, 9.17) is 5.73 Å². The maximum absolute atomic E-state index is 13.2. The number of para-hydroxylation sites is 1. The summed E-state index contributed by atoms with van der Waals surface area (Å²) in [6.07, 6.45) is 1.46. The van der Waals surface area contributed by atoms with E-state index in [2.05, 4.69) is 10.7 Å². The number of carbonyl (C=O) groups is 2. The van der Waals surface area contributed by atoms with Gasteiger partial charge >= 0.3 is 6.03 Å². The molecule has 0 atom stereocenters. The van der Waals surface area contributed by atoms with Crippen molar-refractivity contribution in [3.63, 3.8) is 0 Å². The quantitative estimate of drug-likeness (QED) is 0.498. The first-order valence-electron chi connectivity index (χ1n) is 10.7. The van der Waals surface area contributed by atoms with Crippen LogP contribution in [-0.4, -0.2) is 18.5 Å². The van der Waals surface area contributed by atoms with E-state index < -0.39 is 0 Å². The highest BCUT2D eigenvalue weighted by molar-refractivity contribution is 6.03. The van der Waals surface area contributed by atoms with Crippen molar-refractivity contribution < 1.29 is 9.59 Å². The highest BCUT2D eigenvalue weighted by atomic mass is 16.2. The minimum Gasteiger partial charge on any atom is -0.326 e. The molecule has 1 aliphatic rings. The first-order valence-corrected chi connectivity index (χ1v) is 10.7. The minimum atomic E-state index is -0.334. The van der Waals surface area contributed by atoms with E-state index in [9.17, 15) is 9.59 Å². The van der Waals surface area contributed by atoms with E-state index in [1.807, 2.05) is 84.6 Å². The third-order valence-electron chi connectivity index (χ3n) is 5.43. The molecular weight excluding hydrogens is 402 g/mol. The molecule has 3 aromatic carbocycles. The molecule has 0 bridgehead atoms. The highest BCUT2D eigenvalue weighted by Crippen LogP contribution is 2.28. The van der Waals surface area contributed by atoms with Crippen molar-refractivity contribution >= 4 is 34.7 Å². The number of anilines is 4. The Morgan fingerprint density at radius 3 is 2.53 bits per heavy atom. The predicted molar refractivity (Wildman–Crippen MR) is 129 cm³/mol. The highest BCUT2D eigenvalue weighted by Gasteiger charge is 2.23. The van der Waals surface area contributed by atoms with Gasteiger partial charge in [-0.15, -0.1) is 0 Å². The maximum Gasteiger partial charge on any atom is 0.345 e. The van der Waals surface area contributed by atoms with Gasteiger partial charge in [-0.25, -0.2) is 9.80 Å². The third kappa shape index (κ3) is 4.73. The lowest BCUT2D eigenvalue weighted by Crippen LogP contribution is -2.39. The van der Waals surface area contributed by atoms with Crippen molar-refractivity contribution in [2.75, 3.05) is 27.2 Å². The smallest absolute Gasteiger partial charge is 0.326 e. The van der Waals surface area contributed by atoms with Crippen molar-refractivity contribution in [1.82, 2.24) is 0 Å². The summed E-state index contributed by atoms with van der Waals surface area (Å²) in [6.45, 7) is 3.10. The molecule has 1 saturated heterocycles. The van der Waals surface area contributed by atoms with Gasteiger partial charge in [0.25, 0.3) is 0 Å². The van der Waals surface area contributed by atoms with Crippen LogP contribution in [-0.2, 0) is 11.3 Å². The van der Waals surface area contributed by atoms with Crippen molar-refractivity contribution in [1.29, 1.82) is 0 Å². The molecule has 3 amide bonds. The van der Waals surface area contributed by atoms with Crippen LogP contribution in [0.25, 0.3) is 0 Å². The first-order chi connectivity index (χ1) is 15.5. The van der Waals surface area contributed by atoms with E-state index >= 15 is 0 Å². The molecule has 0 unspecified atom stereocenters. The van der Waals surface area contributed by atoms with Gasteiger partial charge in [-0.3, -0.25) is 10.2 Å². The van der Waals surface area contributed by atoms with Gasteiger partial charge in [0.15, 0.2) is 0 Å². The van der Waals surface area contributed by atoms with Crippen LogP contribution in [0.2, 0.25) is 0 Å². The van der Waals surface area contributed by atoms with E-state index in [1.54, 1.807) is 0 Å². The normalized spacial score (nSPS) is 13.2. The van der Waals surface area contributed by atoms with Crippen LogP contribution in [0.4, 0.5) is 27.5 Å². The monoisotopic (exact) mass is 429 g/mol. The fourth-order valence-electron chi connectivity index (χ4n) is 3.82. The summed E-state index contributed by atoms with van der Waals surface area (Å²) < 4.78 is 0. The lowest BCUT2D eigenvalue weighted by molar-refractivity contribution is -0.117. The van der Waals surface area contributed by atoms with Crippen LogP contribution in [0.5, 0.6) is 0 Å². The Labute approximate surface area is 187 Å². The van der Waals surface area contributed by atoms with Crippen LogP contribution in [0.15, 0.2) is 72.8 Å². The molecule has 4 rings (SSSR count). The van der Waals surface area contributed by atoms with Gasteiger partial charge < -0.3 is 16.0 Å². The number of benzene rings is 3. The van der Waals surface area contributed by atoms with Crippen LogP contribution >= 0.6 is 0 Å². The zero-order valence-corrected chi connectivity index (χ0v) is 18.0. The Bertz CT molecular complexity index is 1120. The summed E-state index contributed by atoms with van der Waals surface area (Å²) in [5.41, 5.74) is 13.8. The first kappa shape index (κ1) is 21.4. The van der Waals surface area contributed by atoms with Crippen molar-refractivity contribution in [3.05, 3.63) is 83.9 Å². The molecule has 1 heterocycles. The minimum absolute atomic E-state index is 0.143. The van der Waals surface area contributed by atoms with Gasteiger partial charge in [0.05, 0.1) is 11.4 Å². The number of aryl methyl sites for hydroxylation is 1. The van der Waals surface area contributed by atoms with Crippen LogP contribution in [0, 0.1) is 6.92 Å². The Morgan fingerprint density at radius 1 is 1.03 bits per heavy atom. The van der Waals surface area contributed by atoms with Gasteiger partial charge in [0.2, 0.25) is 5.91 Å². The number of hydrogen-bond donors (Lipinski definition) is 3. The molecule has 3 aromatic rings. The number of urea groups is 1.